The topological polar surface area (TPSA) is 0 Å². The largest absolute Gasteiger partial charge is 0.207 e. The summed E-state index contributed by atoms with van der Waals surface area (Å²) in [5, 5.41) is 0. The highest BCUT2D eigenvalue weighted by Gasteiger charge is 2.03. The quantitative estimate of drug-likeness (QED) is 0.701. The van der Waals surface area contributed by atoms with Crippen molar-refractivity contribution in [3.63, 3.8) is 0 Å². The van der Waals surface area contributed by atoms with Crippen molar-refractivity contribution in [2.75, 3.05) is 0 Å². The number of hydrogen-bond acceptors (Lipinski definition) is 0. The molecule has 0 bridgehead atoms. The molecule has 0 saturated carbocycles. The van der Waals surface area contributed by atoms with E-state index in [1.54, 1.807) is 6.07 Å². The molecule has 0 aliphatic rings. The molecule has 0 atom stereocenters. The van der Waals surface area contributed by atoms with Crippen LogP contribution < -0.4 is 10.9 Å². The zero-order valence-electron chi connectivity index (χ0n) is 9.91. The Labute approximate surface area is 102 Å². The second kappa shape index (κ2) is 5.00. The average Bonchev–Trinajstić information content (AvgIpc) is 2.34. The van der Waals surface area contributed by atoms with Gasteiger partial charge >= 0.3 is 0 Å². The number of halogens is 1. The summed E-state index contributed by atoms with van der Waals surface area (Å²) in [7, 11) is 0.837. The van der Waals surface area contributed by atoms with Crippen LogP contribution >= 0.6 is 0 Å². The average molecular weight is 224 g/mol. The molecule has 2 aromatic carbocycles. The molecule has 0 nitrogen and oxygen atoms in total. The molecule has 84 valence electrons. The molecule has 0 aliphatic carbocycles. The van der Waals surface area contributed by atoms with E-state index >= 15 is 0 Å². The van der Waals surface area contributed by atoms with E-state index < -0.39 is 0 Å². The van der Waals surface area contributed by atoms with E-state index in [-0.39, 0.29) is 5.82 Å². The lowest BCUT2D eigenvalue weighted by atomic mass is 9.62. The van der Waals surface area contributed by atoms with Gasteiger partial charge in [-0.1, -0.05) is 59.5 Å². The van der Waals surface area contributed by atoms with Crippen LogP contribution in [0.4, 0.5) is 4.39 Å². The van der Waals surface area contributed by atoms with E-state index in [9.17, 15) is 4.39 Å². The van der Waals surface area contributed by atoms with E-state index in [1.165, 1.54) is 11.5 Å². The second-order valence-corrected chi connectivity index (χ2v) is 4.19. The maximum atomic E-state index is 13.0. The first kappa shape index (κ1) is 11.7. The molecule has 2 aromatic rings. The van der Waals surface area contributed by atoms with Crippen molar-refractivity contribution >= 4 is 24.3 Å². The summed E-state index contributed by atoms with van der Waals surface area (Å²) in [5.41, 5.74) is 4.51. The Kier molecular flexibility index (Phi) is 3.43. The fourth-order valence-corrected chi connectivity index (χ4v) is 1.85. The lowest BCUT2D eigenvalue weighted by Crippen LogP contribution is -2.28. The van der Waals surface area contributed by atoms with Gasteiger partial charge in [-0.2, -0.15) is 0 Å². The van der Waals surface area contributed by atoms with Gasteiger partial charge in [-0.3, -0.25) is 0 Å². The maximum absolute atomic E-state index is 13.0. The van der Waals surface area contributed by atoms with Crippen LogP contribution in [-0.4, -0.2) is 7.28 Å². The smallest absolute Gasteiger partial charge is 0.192 e. The zero-order valence-corrected chi connectivity index (χ0v) is 9.91. The van der Waals surface area contributed by atoms with Crippen LogP contribution in [0.15, 0.2) is 49.0 Å². The van der Waals surface area contributed by atoms with E-state index in [0.717, 1.165) is 23.9 Å². The molecule has 0 heterocycles. The fraction of sp³-hybridized carbons (Fsp3) is 0.0667. The number of benzene rings is 2. The molecule has 0 saturated heterocycles. The standard InChI is InChI=1S/C15H14BF/c1-3-12-4-6-13(7-5-12)16-15-9-8-14(17)10-11(15)2/h3-10,16H,1H2,2H3. The molecular weight excluding hydrogens is 210 g/mol. The van der Waals surface area contributed by atoms with Crippen LogP contribution in [0, 0.1) is 12.7 Å². The van der Waals surface area contributed by atoms with E-state index in [0.29, 0.717) is 0 Å². The predicted molar refractivity (Wildman–Crippen MR) is 74.1 cm³/mol. The highest BCUT2D eigenvalue weighted by atomic mass is 19.1. The number of aryl methyl sites for hydroxylation is 1. The van der Waals surface area contributed by atoms with Gasteiger partial charge in [0.1, 0.15) is 5.82 Å². The van der Waals surface area contributed by atoms with Crippen molar-refractivity contribution in [3.8, 4) is 0 Å². The van der Waals surface area contributed by atoms with Crippen LogP contribution in [0.3, 0.4) is 0 Å². The third-order valence-corrected chi connectivity index (χ3v) is 2.91. The van der Waals surface area contributed by atoms with Gasteiger partial charge in [0.25, 0.3) is 0 Å². The predicted octanol–water partition coefficient (Wildman–Crippen LogP) is 2.16. The van der Waals surface area contributed by atoms with Gasteiger partial charge in [0.2, 0.25) is 0 Å². The van der Waals surface area contributed by atoms with E-state index in [4.69, 9.17) is 0 Å². The third kappa shape index (κ3) is 2.85. The number of hydrogen-bond donors (Lipinski definition) is 0. The van der Waals surface area contributed by atoms with Gasteiger partial charge in [-0.25, -0.2) is 4.39 Å². The first-order valence-corrected chi connectivity index (χ1v) is 5.65. The van der Waals surface area contributed by atoms with Crippen molar-refractivity contribution in [1.29, 1.82) is 0 Å². The van der Waals surface area contributed by atoms with Crippen molar-refractivity contribution < 1.29 is 4.39 Å². The highest BCUT2D eigenvalue weighted by molar-refractivity contribution is 6.67. The Morgan fingerprint density at radius 3 is 2.41 bits per heavy atom. The molecule has 0 aromatic heterocycles. The summed E-state index contributed by atoms with van der Waals surface area (Å²) in [6.07, 6.45) is 1.83. The molecule has 2 heteroatoms. The maximum Gasteiger partial charge on any atom is 0.192 e. The Morgan fingerprint density at radius 2 is 1.82 bits per heavy atom. The molecule has 0 amide bonds. The van der Waals surface area contributed by atoms with Gasteiger partial charge < -0.3 is 0 Å². The zero-order chi connectivity index (χ0) is 12.3. The summed E-state index contributed by atoms with van der Waals surface area (Å²) in [6, 6.07) is 13.2. The van der Waals surface area contributed by atoms with Crippen LogP contribution in [0.2, 0.25) is 0 Å². The van der Waals surface area contributed by atoms with Gasteiger partial charge in [-0.15, -0.1) is 0 Å². The van der Waals surface area contributed by atoms with E-state index in [2.05, 4.69) is 18.7 Å². The third-order valence-electron chi connectivity index (χ3n) is 2.91. The molecule has 0 radical (unpaired) electrons. The molecule has 0 fully saturated rings. The van der Waals surface area contributed by atoms with Crippen LogP contribution in [0.25, 0.3) is 6.08 Å². The molecule has 17 heavy (non-hydrogen) atoms. The Balaban J connectivity index is 2.22. The second-order valence-electron chi connectivity index (χ2n) is 4.19. The summed E-state index contributed by atoms with van der Waals surface area (Å²) < 4.78 is 13.0. The highest BCUT2D eigenvalue weighted by Crippen LogP contribution is 2.00. The Hall–Kier alpha value is -1.83. The molecule has 0 N–H and O–H groups in total. The summed E-state index contributed by atoms with van der Waals surface area (Å²) in [5.74, 6) is -0.173. The summed E-state index contributed by atoms with van der Waals surface area (Å²) >= 11 is 0. The Morgan fingerprint density at radius 1 is 1.12 bits per heavy atom. The van der Waals surface area contributed by atoms with Gasteiger partial charge in [-0.05, 0) is 24.6 Å². The minimum absolute atomic E-state index is 0.173. The summed E-state index contributed by atoms with van der Waals surface area (Å²) in [4.78, 5) is 0. The van der Waals surface area contributed by atoms with Gasteiger partial charge in [0.15, 0.2) is 7.28 Å². The lowest BCUT2D eigenvalue weighted by molar-refractivity contribution is 0.627. The Bertz CT molecular complexity index is 529. The van der Waals surface area contributed by atoms with Crippen LogP contribution in [0.1, 0.15) is 11.1 Å². The SMILES string of the molecule is C=Cc1ccc(Bc2ccc(F)cc2C)cc1. The van der Waals surface area contributed by atoms with E-state index in [1.807, 2.05) is 31.2 Å². The molecule has 2 rings (SSSR count). The monoisotopic (exact) mass is 224 g/mol. The van der Waals surface area contributed by atoms with Gasteiger partial charge in [0, 0.05) is 0 Å². The molecule has 0 aliphatic heterocycles. The minimum atomic E-state index is -0.173. The van der Waals surface area contributed by atoms with Crippen LogP contribution in [0.5, 0.6) is 0 Å². The molecular formula is C15H14BF. The molecule has 0 spiro atoms. The van der Waals surface area contributed by atoms with Crippen molar-refractivity contribution in [3.05, 3.63) is 66.0 Å². The van der Waals surface area contributed by atoms with Crippen LogP contribution in [-0.2, 0) is 0 Å². The normalized spacial score (nSPS) is 10.0. The molecule has 0 unspecified atom stereocenters. The fourth-order valence-electron chi connectivity index (χ4n) is 1.85. The number of rotatable bonds is 3. The lowest BCUT2D eigenvalue weighted by Gasteiger charge is -2.05. The minimum Gasteiger partial charge on any atom is -0.207 e. The van der Waals surface area contributed by atoms with Gasteiger partial charge in [0.05, 0.1) is 0 Å². The van der Waals surface area contributed by atoms with Crippen molar-refractivity contribution in [2.45, 2.75) is 6.92 Å². The van der Waals surface area contributed by atoms with Crippen molar-refractivity contribution in [1.82, 2.24) is 0 Å². The first-order chi connectivity index (χ1) is 8.19. The first-order valence-electron chi connectivity index (χ1n) is 5.65. The van der Waals surface area contributed by atoms with Crippen molar-refractivity contribution in [2.24, 2.45) is 0 Å². The summed E-state index contributed by atoms with van der Waals surface area (Å²) in [6.45, 7) is 5.67.